The first-order valence-corrected chi connectivity index (χ1v) is 8.77. The van der Waals surface area contributed by atoms with Gasteiger partial charge in [0.1, 0.15) is 5.82 Å². The van der Waals surface area contributed by atoms with E-state index in [9.17, 15) is 18.8 Å². The summed E-state index contributed by atoms with van der Waals surface area (Å²) < 4.78 is 17.6. The second-order valence-electron chi connectivity index (χ2n) is 6.30. The summed E-state index contributed by atoms with van der Waals surface area (Å²) in [6.07, 6.45) is 0. The highest BCUT2D eigenvalue weighted by atomic mass is 19.1. The predicted octanol–water partition coefficient (Wildman–Crippen LogP) is 1.72. The predicted molar refractivity (Wildman–Crippen MR) is 99.1 cm³/mol. The topological polar surface area (TPSA) is 79.0 Å². The molecule has 1 aliphatic rings. The van der Waals surface area contributed by atoms with Crippen molar-refractivity contribution < 1.29 is 23.5 Å². The van der Waals surface area contributed by atoms with Crippen LogP contribution in [0.1, 0.15) is 31.1 Å². The minimum absolute atomic E-state index is 0.138. The van der Waals surface area contributed by atoms with Crippen LogP contribution >= 0.6 is 0 Å². The Kier molecular flexibility index (Phi) is 6.00. The van der Waals surface area contributed by atoms with Crippen LogP contribution in [-0.4, -0.2) is 61.0 Å². The Morgan fingerprint density at radius 3 is 1.96 bits per heavy atom. The van der Waals surface area contributed by atoms with Gasteiger partial charge in [0, 0.05) is 37.3 Å². The fraction of sp³-hybridized carbons (Fsp3) is 0.250. The average molecular weight is 385 g/mol. The molecule has 146 valence electrons. The van der Waals surface area contributed by atoms with Gasteiger partial charge in [-0.15, -0.1) is 0 Å². The number of methoxy groups -OCH3 is 1. The van der Waals surface area contributed by atoms with Crippen LogP contribution in [-0.2, 0) is 4.74 Å². The number of rotatable bonds is 4. The first-order valence-electron chi connectivity index (χ1n) is 8.77. The molecule has 8 heteroatoms. The molecular formula is C20H20FN3O4. The summed E-state index contributed by atoms with van der Waals surface area (Å²) in [6.45, 7) is 1.83. The third-order valence-electron chi connectivity index (χ3n) is 4.49. The van der Waals surface area contributed by atoms with Gasteiger partial charge >= 0.3 is 5.97 Å². The van der Waals surface area contributed by atoms with Crippen LogP contribution in [0, 0.1) is 5.82 Å². The zero-order valence-electron chi connectivity index (χ0n) is 15.4. The first-order chi connectivity index (χ1) is 13.5. The third kappa shape index (κ3) is 4.52. The number of carbonyl (C=O) groups is 3. The van der Waals surface area contributed by atoms with Gasteiger partial charge in [-0.25, -0.2) is 14.2 Å². The Balaban J connectivity index is 1.53. The van der Waals surface area contributed by atoms with Gasteiger partial charge in [0.05, 0.1) is 12.7 Å². The molecule has 0 atom stereocenters. The number of halogens is 1. The molecule has 1 N–H and O–H groups in total. The molecule has 0 saturated carbocycles. The molecule has 0 aromatic heterocycles. The summed E-state index contributed by atoms with van der Waals surface area (Å²) in [6, 6.07) is 11.6. The molecular weight excluding hydrogens is 365 g/mol. The Bertz CT molecular complexity index is 860. The van der Waals surface area contributed by atoms with Crippen molar-refractivity contribution in [3.8, 4) is 0 Å². The van der Waals surface area contributed by atoms with E-state index in [1.165, 1.54) is 31.4 Å². The van der Waals surface area contributed by atoms with Gasteiger partial charge in [-0.3, -0.25) is 15.0 Å². The molecule has 0 radical (unpaired) electrons. The average Bonchev–Trinajstić information content (AvgIpc) is 2.73. The van der Waals surface area contributed by atoms with Crippen LogP contribution < -0.4 is 5.43 Å². The lowest BCUT2D eigenvalue weighted by Gasteiger charge is -2.34. The summed E-state index contributed by atoms with van der Waals surface area (Å²) in [7, 11) is 1.30. The van der Waals surface area contributed by atoms with Crippen molar-refractivity contribution in [2.75, 3.05) is 33.3 Å². The number of nitrogens with one attached hydrogen (secondary N) is 1. The summed E-state index contributed by atoms with van der Waals surface area (Å²) >= 11 is 0. The zero-order chi connectivity index (χ0) is 20.1. The van der Waals surface area contributed by atoms with Crippen LogP contribution in [0.2, 0.25) is 0 Å². The van der Waals surface area contributed by atoms with E-state index in [0.29, 0.717) is 42.9 Å². The van der Waals surface area contributed by atoms with Crippen molar-refractivity contribution in [1.29, 1.82) is 0 Å². The molecule has 0 aliphatic carbocycles. The quantitative estimate of drug-likeness (QED) is 0.811. The molecule has 0 spiro atoms. The summed E-state index contributed by atoms with van der Waals surface area (Å²) in [5.41, 5.74) is 3.99. The standard InChI is InChI=1S/C20H20FN3O4/c1-28-20(27)16-4-2-15(3-5-16)19(26)23-10-12-24(13-11-23)22-18(25)14-6-8-17(21)9-7-14/h2-9H,10-13H2,1H3,(H,22,25). The van der Waals surface area contributed by atoms with Crippen molar-refractivity contribution >= 4 is 17.8 Å². The molecule has 2 aromatic rings. The maximum absolute atomic E-state index is 12.9. The van der Waals surface area contributed by atoms with E-state index in [0.717, 1.165) is 0 Å². The molecule has 2 aromatic carbocycles. The number of hydrazine groups is 1. The minimum atomic E-state index is -0.454. The Hall–Kier alpha value is -3.26. The molecule has 2 amide bonds. The Labute approximate surface area is 161 Å². The van der Waals surface area contributed by atoms with Crippen LogP contribution in [0.4, 0.5) is 4.39 Å². The highest BCUT2D eigenvalue weighted by molar-refractivity contribution is 5.96. The van der Waals surface area contributed by atoms with E-state index < -0.39 is 11.8 Å². The van der Waals surface area contributed by atoms with Gasteiger partial charge in [-0.05, 0) is 48.5 Å². The van der Waals surface area contributed by atoms with E-state index in [4.69, 9.17) is 0 Å². The SMILES string of the molecule is COC(=O)c1ccc(C(=O)N2CCN(NC(=O)c3ccc(F)cc3)CC2)cc1. The number of ether oxygens (including phenoxy) is 1. The normalized spacial score (nSPS) is 14.4. The highest BCUT2D eigenvalue weighted by Crippen LogP contribution is 2.11. The van der Waals surface area contributed by atoms with E-state index >= 15 is 0 Å². The smallest absolute Gasteiger partial charge is 0.337 e. The number of nitrogens with zero attached hydrogens (tertiary/aromatic N) is 2. The Morgan fingerprint density at radius 2 is 1.39 bits per heavy atom. The van der Waals surface area contributed by atoms with Crippen molar-refractivity contribution in [2.24, 2.45) is 0 Å². The van der Waals surface area contributed by atoms with E-state index in [1.807, 2.05) is 0 Å². The fourth-order valence-electron chi connectivity index (χ4n) is 2.88. The number of benzene rings is 2. The fourth-order valence-corrected chi connectivity index (χ4v) is 2.88. The molecule has 0 bridgehead atoms. The number of hydrogen-bond donors (Lipinski definition) is 1. The molecule has 1 saturated heterocycles. The lowest BCUT2D eigenvalue weighted by Crippen LogP contribution is -2.54. The summed E-state index contributed by atoms with van der Waals surface area (Å²) in [4.78, 5) is 37.9. The molecule has 1 heterocycles. The molecule has 28 heavy (non-hydrogen) atoms. The van der Waals surface area contributed by atoms with E-state index in [-0.39, 0.29) is 11.8 Å². The van der Waals surface area contributed by atoms with Crippen LogP contribution in [0.15, 0.2) is 48.5 Å². The lowest BCUT2D eigenvalue weighted by molar-refractivity contribution is 0.0503. The molecule has 1 aliphatic heterocycles. The summed E-state index contributed by atoms with van der Waals surface area (Å²) in [5, 5.41) is 1.73. The minimum Gasteiger partial charge on any atom is -0.465 e. The van der Waals surface area contributed by atoms with Crippen molar-refractivity contribution in [1.82, 2.24) is 15.3 Å². The lowest BCUT2D eigenvalue weighted by atomic mass is 10.1. The van der Waals surface area contributed by atoms with Crippen molar-refractivity contribution in [3.05, 3.63) is 71.0 Å². The maximum atomic E-state index is 12.9. The highest BCUT2D eigenvalue weighted by Gasteiger charge is 2.23. The molecule has 1 fully saturated rings. The number of carbonyl (C=O) groups excluding carboxylic acids is 3. The monoisotopic (exact) mass is 385 g/mol. The van der Waals surface area contributed by atoms with Crippen LogP contribution in [0.3, 0.4) is 0 Å². The van der Waals surface area contributed by atoms with Crippen LogP contribution in [0.25, 0.3) is 0 Å². The van der Waals surface area contributed by atoms with E-state index in [2.05, 4.69) is 10.2 Å². The number of amides is 2. The summed E-state index contributed by atoms with van der Waals surface area (Å²) in [5.74, 6) is -1.31. The first kappa shape index (κ1) is 19.5. The molecule has 3 rings (SSSR count). The molecule has 0 unspecified atom stereocenters. The number of esters is 1. The second-order valence-corrected chi connectivity index (χ2v) is 6.30. The third-order valence-corrected chi connectivity index (χ3v) is 4.49. The van der Waals surface area contributed by atoms with E-state index in [1.54, 1.807) is 34.2 Å². The van der Waals surface area contributed by atoms with Gasteiger partial charge < -0.3 is 9.64 Å². The van der Waals surface area contributed by atoms with Gasteiger partial charge in [0.2, 0.25) is 0 Å². The van der Waals surface area contributed by atoms with Gasteiger partial charge in [0.15, 0.2) is 0 Å². The number of hydrogen-bond acceptors (Lipinski definition) is 5. The van der Waals surface area contributed by atoms with Crippen molar-refractivity contribution in [2.45, 2.75) is 0 Å². The molecule has 7 nitrogen and oxygen atoms in total. The maximum Gasteiger partial charge on any atom is 0.337 e. The van der Waals surface area contributed by atoms with Crippen molar-refractivity contribution in [3.63, 3.8) is 0 Å². The Morgan fingerprint density at radius 1 is 0.857 bits per heavy atom. The van der Waals surface area contributed by atoms with Gasteiger partial charge in [-0.1, -0.05) is 0 Å². The second kappa shape index (κ2) is 8.62. The van der Waals surface area contributed by atoms with Gasteiger partial charge in [0.25, 0.3) is 11.8 Å². The zero-order valence-corrected chi connectivity index (χ0v) is 15.4. The number of piperazine rings is 1. The van der Waals surface area contributed by atoms with Crippen LogP contribution in [0.5, 0.6) is 0 Å². The largest absolute Gasteiger partial charge is 0.465 e. The van der Waals surface area contributed by atoms with Gasteiger partial charge in [-0.2, -0.15) is 0 Å².